The Morgan fingerprint density at radius 3 is 2.42 bits per heavy atom. The number of carbonyl (C=O) groups is 2. The van der Waals surface area contributed by atoms with E-state index in [0.29, 0.717) is 24.2 Å². The zero-order valence-corrected chi connectivity index (χ0v) is 18.1. The van der Waals surface area contributed by atoms with Crippen molar-refractivity contribution < 1.29 is 22.8 Å². The van der Waals surface area contributed by atoms with E-state index in [4.69, 9.17) is 0 Å². The van der Waals surface area contributed by atoms with E-state index in [9.17, 15) is 22.8 Å². The summed E-state index contributed by atoms with van der Waals surface area (Å²) in [7, 11) is 0. The number of likely N-dealkylation sites (tertiary alicyclic amines) is 1. The Bertz CT molecular complexity index is 1070. The molecular weight excluding hydrogens is 437 g/mol. The molecule has 3 heterocycles. The number of aromatic nitrogens is 2. The minimum atomic E-state index is -4.64. The van der Waals surface area contributed by atoms with Crippen LogP contribution < -0.4 is 5.32 Å². The Morgan fingerprint density at radius 2 is 1.85 bits per heavy atom. The fourth-order valence-electron chi connectivity index (χ4n) is 3.89. The highest BCUT2D eigenvalue weighted by atomic mass is 19.4. The number of hydrazone groups is 1. The van der Waals surface area contributed by atoms with Gasteiger partial charge in [0.05, 0.1) is 24.3 Å². The van der Waals surface area contributed by atoms with E-state index in [1.54, 1.807) is 11.8 Å². The van der Waals surface area contributed by atoms with Crippen molar-refractivity contribution in [3.05, 3.63) is 59.2 Å². The molecule has 1 N–H and O–H groups in total. The summed E-state index contributed by atoms with van der Waals surface area (Å²) in [5.41, 5.74) is 2.86. The van der Waals surface area contributed by atoms with E-state index in [2.05, 4.69) is 20.4 Å². The second kappa shape index (κ2) is 8.80. The van der Waals surface area contributed by atoms with Gasteiger partial charge in [-0.15, -0.1) is 0 Å². The average Bonchev–Trinajstić information content (AvgIpc) is 3.40. The molecule has 11 heteroatoms. The molecule has 0 saturated carbocycles. The number of nitrogens with zero attached hydrogens (tertiary/aromatic N) is 5. The first kappa shape index (κ1) is 22.7. The topological polar surface area (TPSA) is 90.8 Å². The summed E-state index contributed by atoms with van der Waals surface area (Å²) in [5.74, 6) is -1.22. The second-order valence-electron chi connectivity index (χ2n) is 8.15. The first-order valence-corrected chi connectivity index (χ1v) is 10.6. The smallest absolute Gasteiger partial charge is 0.332 e. The molecule has 3 amide bonds. The maximum absolute atomic E-state index is 12.9. The number of rotatable bonds is 4. The molecule has 1 fully saturated rings. The van der Waals surface area contributed by atoms with Gasteiger partial charge in [0.15, 0.2) is 0 Å². The van der Waals surface area contributed by atoms with Crippen LogP contribution in [0.25, 0.3) is 0 Å². The molecule has 0 bridgehead atoms. The summed E-state index contributed by atoms with van der Waals surface area (Å²) in [5, 5.41) is 8.48. The lowest BCUT2D eigenvalue weighted by Gasteiger charge is -2.25. The van der Waals surface area contributed by atoms with Crippen molar-refractivity contribution in [3.63, 3.8) is 0 Å². The van der Waals surface area contributed by atoms with Gasteiger partial charge in [-0.25, -0.2) is 19.8 Å². The molecule has 1 aromatic carbocycles. The van der Waals surface area contributed by atoms with Crippen LogP contribution in [0.3, 0.4) is 0 Å². The molecule has 2 aliphatic rings. The molecule has 0 aliphatic carbocycles. The van der Waals surface area contributed by atoms with Crippen LogP contribution in [0.1, 0.15) is 48.3 Å². The van der Waals surface area contributed by atoms with Crippen molar-refractivity contribution in [2.75, 3.05) is 13.1 Å². The van der Waals surface area contributed by atoms with Gasteiger partial charge in [0.1, 0.15) is 0 Å². The van der Waals surface area contributed by atoms with E-state index in [1.807, 2.05) is 31.2 Å². The predicted octanol–water partition coefficient (Wildman–Crippen LogP) is 3.29. The highest BCUT2D eigenvalue weighted by molar-refractivity contribution is 6.08. The molecule has 174 valence electrons. The van der Waals surface area contributed by atoms with Gasteiger partial charge in [-0.05, 0) is 25.8 Å². The van der Waals surface area contributed by atoms with Gasteiger partial charge in [-0.3, -0.25) is 4.79 Å². The normalized spacial score (nSPS) is 19.6. The van der Waals surface area contributed by atoms with Gasteiger partial charge in [0.2, 0.25) is 11.7 Å². The number of amides is 3. The number of urea groups is 1. The summed E-state index contributed by atoms with van der Waals surface area (Å²) >= 11 is 0. The third kappa shape index (κ3) is 4.81. The molecule has 4 rings (SSSR count). The molecule has 1 unspecified atom stereocenters. The largest absolute Gasteiger partial charge is 0.451 e. The van der Waals surface area contributed by atoms with Crippen molar-refractivity contribution in [2.24, 2.45) is 5.10 Å². The number of carbonyl (C=O) groups excluding carboxylic acids is 2. The van der Waals surface area contributed by atoms with E-state index in [0.717, 1.165) is 29.9 Å². The lowest BCUT2D eigenvalue weighted by atomic mass is 10.0. The van der Waals surface area contributed by atoms with Crippen LogP contribution in [0, 0.1) is 6.92 Å². The van der Waals surface area contributed by atoms with Crippen LogP contribution >= 0.6 is 0 Å². The van der Waals surface area contributed by atoms with E-state index >= 15 is 0 Å². The SMILES string of the molecule is Cc1ccc(C2=NN(C(=O)NC(C)c3cnc(C(F)(F)F)nc3)C[C@H]2N2CCCC2=O)cc1. The third-order valence-electron chi connectivity index (χ3n) is 5.72. The van der Waals surface area contributed by atoms with Gasteiger partial charge in [0, 0.05) is 30.9 Å². The second-order valence-corrected chi connectivity index (χ2v) is 8.15. The average molecular weight is 460 g/mol. The molecule has 0 spiro atoms. The number of nitrogens with one attached hydrogen (secondary N) is 1. The van der Waals surface area contributed by atoms with Crippen LogP contribution in [-0.4, -0.2) is 56.7 Å². The maximum atomic E-state index is 12.9. The number of aryl methyl sites for hydroxylation is 1. The van der Waals surface area contributed by atoms with Gasteiger partial charge >= 0.3 is 12.2 Å². The quantitative estimate of drug-likeness (QED) is 0.758. The molecule has 8 nitrogen and oxygen atoms in total. The highest BCUT2D eigenvalue weighted by Crippen LogP contribution is 2.27. The predicted molar refractivity (Wildman–Crippen MR) is 113 cm³/mol. The summed E-state index contributed by atoms with van der Waals surface area (Å²) in [6.07, 6.45) is -1.33. The van der Waals surface area contributed by atoms with Crippen LogP contribution in [0.15, 0.2) is 41.8 Å². The summed E-state index contributed by atoms with van der Waals surface area (Å²) in [6, 6.07) is 6.16. The summed E-state index contributed by atoms with van der Waals surface area (Å²) in [4.78, 5) is 33.7. The molecule has 0 radical (unpaired) electrons. The molecule has 1 saturated heterocycles. The fraction of sp³-hybridized carbons (Fsp3) is 0.409. The Hall–Kier alpha value is -3.50. The molecule has 1 aromatic heterocycles. The summed E-state index contributed by atoms with van der Waals surface area (Å²) < 4.78 is 38.0. The maximum Gasteiger partial charge on any atom is 0.451 e. The van der Waals surface area contributed by atoms with Crippen LogP contribution in [0.5, 0.6) is 0 Å². The summed E-state index contributed by atoms with van der Waals surface area (Å²) in [6.45, 7) is 4.37. The fourth-order valence-corrected chi connectivity index (χ4v) is 3.89. The number of alkyl halides is 3. The van der Waals surface area contributed by atoms with Crippen molar-refractivity contribution in [2.45, 2.75) is 44.9 Å². The lowest BCUT2D eigenvalue weighted by Crippen LogP contribution is -2.46. The van der Waals surface area contributed by atoms with Gasteiger partial charge in [-0.1, -0.05) is 29.8 Å². The minimum absolute atomic E-state index is 0.0253. The monoisotopic (exact) mass is 460 g/mol. The zero-order valence-electron chi connectivity index (χ0n) is 18.1. The van der Waals surface area contributed by atoms with Gasteiger partial charge < -0.3 is 10.2 Å². The van der Waals surface area contributed by atoms with E-state index < -0.39 is 24.1 Å². The molecule has 2 aliphatic heterocycles. The Kier molecular flexibility index (Phi) is 6.05. The minimum Gasteiger partial charge on any atom is -0.332 e. The highest BCUT2D eigenvalue weighted by Gasteiger charge is 2.39. The van der Waals surface area contributed by atoms with E-state index in [-0.39, 0.29) is 18.5 Å². The van der Waals surface area contributed by atoms with Crippen molar-refractivity contribution in [1.82, 2.24) is 25.2 Å². The first-order chi connectivity index (χ1) is 15.6. The Morgan fingerprint density at radius 1 is 1.18 bits per heavy atom. The first-order valence-electron chi connectivity index (χ1n) is 10.6. The van der Waals surface area contributed by atoms with Crippen molar-refractivity contribution >= 4 is 17.6 Å². The van der Waals surface area contributed by atoms with Crippen LogP contribution in [-0.2, 0) is 11.0 Å². The van der Waals surface area contributed by atoms with Crippen molar-refractivity contribution in [3.8, 4) is 0 Å². The molecule has 33 heavy (non-hydrogen) atoms. The Balaban J connectivity index is 1.52. The van der Waals surface area contributed by atoms with Gasteiger partial charge in [-0.2, -0.15) is 18.3 Å². The van der Waals surface area contributed by atoms with E-state index in [1.165, 1.54) is 5.01 Å². The third-order valence-corrected chi connectivity index (χ3v) is 5.72. The number of hydrogen-bond donors (Lipinski definition) is 1. The standard InChI is InChI=1S/C22H23F3N6O2/c1-13-5-7-15(8-6-13)19-17(30-9-3-4-18(30)32)12-31(29-19)21(33)28-14(2)16-10-26-20(27-11-16)22(23,24)25/h5-8,10-11,14,17H,3-4,9,12H2,1-2H3,(H,28,33)/t14?,17-/m1/s1. The molecule has 2 atom stereocenters. The zero-order chi connectivity index (χ0) is 23.8. The van der Waals surface area contributed by atoms with Crippen molar-refractivity contribution in [1.29, 1.82) is 0 Å². The van der Waals surface area contributed by atoms with Crippen LogP contribution in [0.4, 0.5) is 18.0 Å². The molecular formula is C22H23F3N6O2. The number of halogens is 3. The number of hydrogen-bond acceptors (Lipinski definition) is 5. The van der Waals surface area contributed by atoms with Crippen LogP contribution in [0.2, 0.25) is 0 Å². The lowest BCUT2D eigenvalue weighted by molar-refractivity contribution is -0.145. The molecule has 2 aromatic rings. The van der Waals surface area contributed by atoms with Gasteiger partial charge in [0.25, 0.3) is 0 Å². The Labute approximate surface area is 188 Å². The number of benzene rings is 1.